The number of nitrogens with zero attached hydrogens (tertiary/aromatic N) is 1. The number of rotatable bonds is 4. The Balaban J connectivity index is 1.81. The number of benzene rings is 1. The lowest BCUT2D eigenvalue weighted by atomic mass is 10.1. The number of ether oxygens (including phenoxy) is 1. The number of carbonyl (C=O) groups is 2. The molecule has 2 aliphatic rings. The van der Waals surface area contributed by atoms with Gasteiger partial charge in [0.05, 0.1) is 16.9 Å². The van der Waals surface area contributed by atoms with Crippen molar-refractivity contribution >= 4 is 47.0 Å². The molecule has 2 heterocycles. The normalized spacial score (nSPS) is 20.7. The molecule has 23 heavy (non-hydrogen) atoms. The monoisotopic (exact) mass is 369 g/mol. The largest absolute Gasteiger partial charge is 0.462 e. The number of hydrogen-bond donors (Lipinski definition) is 0. The van der Waals surface area contributed by atoms with Crippen LogP contribution in [0.3, 0.4) is 0 Å². The SMILES string of the molecule is CCOC(=O)C1=C2SC(Cc3ccc(Cl)cc3)C(=O)N2CCS1. The van der Waals surface area contributed by atoms with Gasteiger partial charge in [-0.2, -0.15) is 0 Å². The second-order valence-corrected chi connectivity index (χ2v) is 7.86. The van der Waals surface area contributed by atoms with Crippen LogP contribution in [0.15, 0.2) is 34.2 Å². The van der Waals surface area contributed by atoms with E-state index in [-0.39, 0.29) is 17.1 Å². The third-order valence-corrected chi connectivity index (χ3v) is 6.31. The maximum atomic E-state index is 12.6. The molecule has 0 N–H and O–H groups in total. The Morgan fingerprint density at radius 2 is 2.13 bits per heavy atom. The third-order valence-electron chi connectivity index (χ3n) is 3.59. The fourth-order valence-electron chi connectivity index (χ4n) is 2.52. The first-order valence-corrected chi connectivity index (χ1v) is 9.61. The topological polar surface area (TPSA) is 46.6 Å². The summed E-state index contributed by atoms with van der Waals surface area (Å²) < 4.78 is 5.11. The molecule has 1 aromatic rings. The van der Waals surface area contributed by atoms with Gasteiger partial charge < -0.3 is 9.64 Å². The number of hydrogen-bond acceptors (Lipinski definition) is 5. The van der Waals surface area contributed by atoms with E-state index in [2.05, 4.69) is 0 Å². The Morgan fingerprint density at radius 1 is 1.39 bits per heavy atom. The average Bonchev–Trinajstić information content (AvgIpc) is 2.86. The number of fused-ring (bicyclic) bond motifs is 1. The first-order valence-electron chi connectivity index (χ1n) is 7.37. The summed E-state index contributed by atoms with van der Waals surface area (Å²) >= 11 is 8.84. The van der Waals surface area contributed by atoms with Crippen molar-refractivity contribution in [3.63, 3.8) is 0 Å². The smallest absolute Gasteiger partial charge is 0.347 e. The van der Waals surface area contributed by atoms with E-state index in [4.69, 9.17) is 16.3 Å². The number of halogens is 1. The Bertz CT molecular complexity index is 660. The summed E-state index contributed by atoms with van der Waals surface area (Å²) in [5.41, 5.74) is 1.06. The second kappa shape index (κ2) is 7.20. The van der Waals surface area contributed by atoms with E-state index >= 15 is 0 Å². The van der Waals surface area contributed by atoms with E-state index in [0.29, 0.717) is 29.5 Å². The molecule has 3 rings (SSSR count). The maximum absolute atomic E-state index is 12.6. The van der Waals surface area contributed by atoms with E-state index in [0.717, 1.165) is 16.3 Å². The lowest BCUT2D eigenvalue weighted by Gasteiger charge is -2.24. The molecule has 1 unspecified atom stereocenters. The standard InChI is InChI=1S/C16H16ClNO3S2/c1-2-21-16(20)13-15-18(7-8-22-13)14(19)12(23-15)9-10-3-5-11(17)6-4-10/h3-6,12H,2,7-9H2,1H3. The summed E-state index contributed by atoms with van der Waals surface area (Å²) in [7, 11) is 0. The van der Waals surface area contributed by atoms with Gasteiger partial charge in [-0.1, -0.05) is 35.5 Å². The van der Waals surface area contributed by atoms with Crippen LogP contribution >= 0.6 is 35.1 Å². The van der Waals surface area contributed by atoms with Crippen molar-refractivity contribution in [2.24, 2.45) is 0 Å². The van der Waals surface area contributed by atoms with Crippen molar-refractivity contribution in [1.29, 1.82) is 0 Å². The Morgan fingerprint density at radius 3 is 2.83 bits per heavy atom. The molecule has 1 atom stereocenters. The zero-order chi connectivity index (χ0) is 16.4. The van der Waals surface area contributed by atoms with Gasteiger partial charge in [0.1, 0.15) is 4.91 Å². The molecule has 1 aromatic carbocycles. The lowest BCUT2D eigenvalue weighted by Crippen LogP contribution is -2.34. The van der Waals surface area contributed by atoms with Crippen molar-refractivity contribution < 1.29 is 14.3 Å². The average molecular weight is 370 g/mol. The summed E-state index contributed by atoms with van der Waals surface area (Å²) in [6.07, 6.45) is 0.626. The molecule has 1 fully saturated rings. The minimum Gasteiger partial charge on any atom is -0.462 e. The van der Waals surface area contributed by atoms with Crippen LogP contribution in [0.1, 0.15) is 12.5 Å². The van der Waals surface area contributed by atoms with E-state index in [1.54, 1.807) is 11.8 Å². The molecule has 0 bridgehead atoms. The molecule has 2 aliphatic heterocycles. The molecular formula is C16H16ClNO3S2. The molecule has 0 saturated carbocycles. The highest BCUT2D eigenvalue weighted by atomic mass is 35.5. The fraction of sp³-hybridized carbons (Fsp3) is 0.375. The zero-order valence-corrected chi connectivity index (χ0v) is 15.0. The molecule has 0 radical (unpaired) electrons. The predicted octanol–water partition coefficient (Wildman–Crippen LogP) is 3.31. The summed E-state index contributed by atoms with van der Waals surface area (Å²) in [5, 5.41) is 1.23. The summed E-state index contributed by atoms with van der Waals surface area (Å²) in [4.78, 5) is 27.0. The third kappa shape index (κ3) is 3.54. The van der Waals surface area contributed by atoms with Crippen molar-refractivity contribution in [2.75, 3.05) is 18.9 Å². The van der Waals surface area contributed by atoms with E-state index in [9.17, 15) is 9.59 Å². The van der Waals surface area contributed by atoms with Gasteiger partial charge in [-0.3, -0.25) is 4.79 Å². The van der Waals surface area contributed by atoms with Crippen molar-refractivity contribution in [1.82, 2.24) is 4.90 Å². The van der Waals surface area contributed by atoms with Crippen molar-refractivity contribution in [2.45, 2.75) is 18.6 Å². The van der Waals surface area contributed by atoms with Crippen LogP contribution in [0.2, 0.25) is 5.02 Å². The Hall–Kier alpha value is -1.11. The van der Waals surface area contributed by atoms with E-state index in [1.165, 1.54) is 23.5 Å². The highest BCUT2D eigenvalue weighted by molar-refractivity contribution is 8.08. The molecule has 7 heteroatoms. The van der Waals surface area contributed by atoms with Crippen LogP contribution in [0.5, 0.6) is 0 Å². The van der Waals surface area contributed by atoms with Crippen LogP contribution in [-0.4, -0.2) is 40.9 Å². The predicted molar refractivity (Wildman–Crippen MR) is 94.4 cm³/mol. The molecule has 0 aromatic heterocycles. The van der Waals surface area contributed by atoms with Crippen LogP contribution in [-0.2, 0) is 20.7 Å². The highest BCUT2D eigenvalue weighted by Gasteiger charge is 2.41. The number of esters is 1. The van der Waals surface area contributed by atoms with Gasteiger partial charge in [-0.15, -0.1) is 11.8 Å². The van der Waals surface area contributed by atoms with Crippen molar-refractivity contribution in [3.8, 4) is 0 Å². The first kappa shape index (κ1) is 16.7. The Kier molecular flexibility index (Phi) is 5.24. The lowest BCUT2D eigenvalue weighted by molar-refractivity contribution is -0.137. The van der Waals surface area contributed by atoms with Gasteiger partial charge in [0.2, 0.25) is 5.91 Å². The number of thioether (sulfide) groups is 2. The molecule has 1 saturated heterocycles. The quantitative estimate of drug-likeness (QED) is 0.762. The molecule has 4 nitrogen and oxygen atoms in total. The maximum Gasteiger partial charge on any atom is 0.347 e. The fourth-order valence-corrected chi connectivity index (χ4v) is 5.13. The van der Waals surface area contributed by atoms with E-state index in [1.807, 2.05) is 24.3 Å². The minimum absolute atomic E-state index is 0.0713. The minimum atomic E-state index is -0.329. The Labute approximate surface area is 148 Å². The van der Waals surface area contributed by atoms with Gasteiger partial charge in [0, 0.05) is 17.3 Å². The molecule has 0 aliphatic carbocycles. The molecule has 0 spiro atoms. The molecular weight excluding hydrogens is 354 g/mol. The highest BCUT2D eigenvalue weighted by Crippen LogP contribution is 2.44. The second-order valence-electron chi connectivity index (χ2n) is 5.13. The van der Waals surface area contributed by atoms with Crippen LogP contribution < -0.4 is 0 Å². The summed E-state index contributed by atoms with van der Waals surface area (Å²) in [6.45, 7) is 2.76. The summed E-state index contributed by atoms with van der Waals surface area (Å²) in [6, 6.07) is 7.52. The van der Waals surface area contributed by atoms with E-state index < -0.39 is 0 Å². The van der Waals surface area contributed by atoms with Gasteiger partial charge in [-0.25, -0.2) is 4.79 Å². The van der Waals surface area contributed by atoms with Gasteiger partial charge in [-0.05, 0) is 31.0 Å². The van der Waals surface area contributed by atoms with Crippen LogP contribution in [0, 0.1) is 0 Å². The van der Waals surface area contributed by atoms with Crippen LogP contribution in [0.25, 0.3) is 0 Å². The number of carbonyl (C=O) groups excluding carboxylic acids is 2. The van der Waals surface area contributed by atoms with Crippen molar-refractivity contribution in [3.05, 3.63) is 44.8 Å². The molecule has 122 valence electrons. The molecule has 1 amide bonds. The van der Waals surface area contributed by atoms with Gasteiger partial charge in [0.15, 0.2) is 0 Å². The summed E-state index contributed by atoms with van der Waals surface area (Å²) in [5.74, 6) is 0.462. The first-order chi connectivity index (χ1) is 11.1. The van der Waals surface area contributed by atoms with Gasteiger partial charge in [0.25, 0.3) is 0 Å². The number of amides is 1. The van der Waals surface area contributed by atoms with Gasteiger partial charge >= 0.3 is 5.97 Å². The van der Waals surface area contributed by atoms with Crippen LogP contribution in [0.4, 0.5) is 0 Å². The zero-order valence-electron chi connectivity index (χ0n) is 12.6.